The standard InChI is InChI=1S/CH5BrO6P2/c2-1(7-9(3)4)8-10(5)6/h1,9-10H,(H,3,4)(H,5,6). The van der Waals surface area contributed by atoms with Gasteiger partial charge in [-0.1, -0.05) is 0 Å². The maximum absolute atomic E-state index is 9.87. The van der Waals surface area contributed by atoms with E-state index in [-0.39, 0.29) is 0 Å². The molecule has 0 rings (SSSR count). The lowest BCUT2D eigenvalue weighted by Gasteiger charge is -2.05. The Balaban J connectivity index is 3.53. The van der Waals surface area contributed by atoms with Crippen molar-refractivity contribution in [3.63, 3.8) is 0 Å². The van der Waals surface area contributed by atoms with E-state index in [4.69, 9.17) is 9.79 Å². The van der Waals surface area contributed by atoms with E-state index in [1.54, 1.807) is 0 Å². The smallest absolute Gasteiger partial charge is 0.319 e. The third kappa shape index (κ3) is 6.89. The molecule has 2 N–H and O–H groups in total. The fourth-order valence-corrected chi connectivity index (χ4v) is 1.65. The molecule has 62 valence electrons. The van der Waals surface area contributed by atoms with Gasteiger partial charge in [0.2, 0.25) is 5.20 Å². The Morgan fingerprint density at radius 1 is 1.20 bits per heavy atom. The summed E-state index contributed by atoms with van der Waals surface area (Å²) in [4.78, 5) is 16.2. The molecule has 2 atom stereocenters. The summed E-state index contributed by atoms with van der Waals surface area (Å²) in [5, 5.41) is -1.31. The maximum Gasteiger partial charge on any atom is 0.319 e. The molecule has 0 aromatic rings. The van der Waals surface area contributed by atoms with Crippen LogP contribution in [0.1, 0.15) is 0 Å². The second kappa shape index (κ2) is 5.43. The zero-order valence-corrected chi connectivity index (χ0v) is 8.07. The molecule has 10 heavy (non-hydrogen) atoms. The molecule has 0 heterocycles. The largest absolute Gasteiger partial charge is 0.326 e. The van der Waals surface area contributed by atoms with Crippen LogP contribution in [0.3, 0.4) is 0 Å². The minimum atomic E-state index is -3.13. The summed E-state index contributed by atoms with van der Waals surface area (Å²) in [6.45, 7) is 0. The van der Waals surface area contributed by atoms with Gasteiger partial charge in [0.1, 0.15) is 0 Å². The molecule has 0 fully saturated rings. The van der Waals surface area contributed by atoms with Crippen LogP contribution in [0.5, 0.6) is 0 Å². The molecular weight excluding hydrogens is 250 g/mol. The van der Waals surface area contributed by atoms with Crippen molar-refractivity contribution in [2.75, 3.05) is 0 Å². The monoisotopic (exact) mass is 254 g/mol. The molecule has 0 aromatic heterocycles. The molecule has 9 heteroatoms. The molecule has 2 unspecified atom stereocenters. The minimum Gasteiger partial charge on any atom is -0.326 e. The summed E-state index contributed by atoms with van der Waals surface area (Å²) in [7, 11) is -6.27. The Morgan fingerprint density at radius 3 is 1.70 bits per heavy atom. The van der Waals surface area contributed by atoms with Crippen LogP contribution in [0.25, 0.3) is 0 Å². The number of hydrogen-bond donors (Lipinski definition) is 2. The Morgan fingerprint density at radius 2 is 1.50 bits per heavy atom. The van der Waals surface area contributed by atoms with Gasteiger partial charge in [0.05, 0.1) is 0 Å². The highest BCUT2D eigenvalue weighted by molar-refractivity contribution is 9.09. The van der Waals surface area contributed by atoms with Crippen LogP contribution in [0.15, 0.2) is 0 Å². The van der Waals surface area contributed by atoms with Crippen LogP contribution in [-0.4, -0.2) is 15.0 Å². The van der Waals surface area contributed by atoms with Crippen molar-refractivity contribution in [2.24, 2.45) is 0 Å². The van der Waals surface area contributed by atoms with Crippen LogP contribution >= 0.6 is 32.4 Å². The van der Waals surface area contributed by atoms with E-state index in [0.29, 0.717) is 0 Å². The summed E-state index contributed by atoms with van der Waals surface area (Å²) in [5.74, 6) is 0. The van der Waals surface area contributed by atoms with Gasteiger partial charge in [-0.3, -0.25) is 18.2 Å². The van der Waals surface area contributed by atoms with E-state index in [1.807, 2.05) is 0 Å². The van der Waals surface area contributed by atoms with E-state index in [0.717, 1.165) is 0 Å². The van der Waals surface area contributed by atoms with Crippen molar-refractivity contribution < 1.29 is 28.0 Å². The number of halogens is 1. The zero-order valence-electron chi connectivity index (χ0n) is 4.48. The topological polar surface area (TPSA) is 93.1 Å². The van der Waals surface area contributed by atoms with Crippen LogP contribution < -0.4 is 0 Å². The highest BCUT2D eigenvalue weighted by atomic mass is 79.9. The summed E-state index contributed by atoms with van der Waals surface area (Å²) < 4.78 is 27.8. The zero-order chi connectivity index (χ0) is 8.15. The third-order valence-corrected chi connectivity index (χ3v) is 2.28. The van der Waals surface area contributed by atoms with Gasteiger partial charge in [-0.2, -0.15) is 0 Å². The summed E-state index contributed by atoms with van der Waals surface area (Å²) >= 11 is 2.57. The molecule has 0 spiro atoms. The van der Waals surface area contributed by atoms with E-state index >= 15 is 0 Å². The Bertz CT molecular complexity index is 131. The quantitative estimate of drug-likeness (QED) is 0.430. The second-order valence-electron chi connectivity index (χ2n) is 1.04. The van der Waals surface area contributed by atoms with Gasteiger partial charge >= 0.3 is 16.5 Å². The summed E-state index contributed by atoms with van der Waals surface area (Å²) in [6.07, 6.45) is 0. The summed E-state index contributed by atoms with van der Waals surface area (Å²) in [5.41, 5.74) is 0. The second-order valence-corrected chi connectivity index (χ2v) is 3.32. The van der Waals surface area contributed by atoms with E-state index in [9.17, 15) is 9.13 Å². The van der Waals surface area contributed by atoms with E-state index < -0.39 is 21.7 Å². The lowest BCUT2D eigenvalue weighted by atomic mass is 11.5. The molecule has 0 aromatic carbocycles. The Kier molecular flexibility index (Phi) is 5.86. The lowest BCUT2D eigenvalue weighted by molar-refractivity contribution is 0.0837. The minimum absolute atomic E-state index is 1.31. The first-order valence-electron chi connectivity index (χ1n) is 1.95. The summed E-state index contributed by atoms with van der Waals surface area (Å²) in [6, 6.07) is 0. The van der Waals surface area contributed by atoms with E-state index in [1.165, 1.54) is 0 Å². The average Bonchev–Trinajstić information content (AvgIpc) is 1.58. The molecule has 0 amide bonds. The Labute approximate surface area is 66.2 Å². The third-order valence-electron chi connectivity index (χ3n) is 0.387. The average molecular weight is 255 g/mol. The van der Waals surface area contributed by atoms with Gasteiger partial charge in [0.15, 0.2) is 0 Å². The molecule has 0 saturated carbocycles. The molecule has 0 bridgehead atoms. The molecule has 0 radical (unpaired) electrons. The first kappa shape index (κ1) is 10.8. The lowest BCUT2D eigenvalue weighted by Crippen LogP contribution is -1.98. The van der Waals surface area contributed by atoms with Gasteiger partial charge in [0, 0.05) is 0 Å². The fourth-order valence-electron chi connectivity index (χ4n) is 0.183. The molecule has 0 aliphatic rings. The van der Waals surface area contributed by atoms with Gasteiger partial charge < -0.3 is 9.79 Å². The molecule has 0 aliphatic carbocycles. The Hall–Kier alpha value is 0.780. The fraction of sp³-hybridized carbons (Fsp3) is 1.00. The maximum atomic E-state index is 9.87. The van der Waals surface area contributed by atoms with Gasteiger partial charge in [-0.05, 0) is 15.9 Å². The molecule has 0 saturated heterocycles. The van der Waals surface area contributed by atoms with Gasteiger partial charge in [-0.25, -0.2) is 0 Å². The number of alkyl halides is 1. The van der Waals surface area contributed by atoms with Crippen molar-refractivity contribution in [3.05, 3.63) is 0 Å². The SMILES string of the molecule is O=[PH](O)OC(Br)O[PH](=O)O. The van der Waals surface area contributed by atoms with Crippen LogP contribution in [-0.2, 0) is 18.2 Å². The van der Waals surface area contributed by atoms with Gasteiger partial charge in [0.25, 0.3) is 0 Å². The van der Waals surface area contributed by atoms with Gasteiger partial charge in [-0.15, -0.1) is 0 Å². The van der Waals surface area contributed by atoms with Crippen molar-refractivity contribution >= 4 is 32.4 Å². The van der Waals surface area contributed by atoms with Crippen molar-refractivity contribution in [1.82, 2.24) is 0 Å². The van der Waals surface area contributed by atoms with Crippen LogP contribution in [0.4, 0.5) is 0 Å². The number of hydrogen-bond acceptors (Lipinski definition) is 4. The van der Waals surface area contributed by atoms with Crippen LogP contribution in [0, 0.1) is 0 Å². The number of rotatable bonds is 4. The van der Waals surface area contributed by atoms with Crippen LogP contribution in [0.2, 0.25) is 0 Å². The van der Waals surface area contributed by atoms with Crippen molar-refractivity contribution in [3.8, 4) is 0 Å². The first-order valence-corrected chi connectivity index (χ1v) is 5.40. The highest BCUT2D eigenvalue weighted by Gasteiger charge is 2.08. The molecule has 6 nitrogen and oxygen atoms in total. The van der Waals surface area contributed by atoms with E-state index in [2.05, 4.69) is 25.0 Å². The van der Waals surface area contributed by atoms with Crippen molar-refractivity contribution in [1.29, 1.82) is 0 Å². The highest BCUT2D eigenvalue weighted by Crippen LogP contribution is 2.28. The predicted molar refractivity (Wildman–Crippen MR) is 37.3 cm³/mol. The first-order chi connectivity index (χ1) is 4.52. The normalized spacial score (nSPS) is 19.9. The molecular formula is CH5BrO6P2. The predicted octanol–water partition coefficient (Wildman–Crippen LogP) is 0.462. The van der Waals surface area contributed by atoms with Crippen molar-refractivity contribution in [2.45, 2.75) is 5.20 Å². The molecule has 0 aliphatic heterocycles.